The summed E-state index contributed by atoms with van der Waals surface area (Å²) in [4.78, 5) is 28.6. The molecule has 0 radical (unpaired) electrons. The third kappa shape index (κ3) is 8.01. The first kappa shape index (κ1) is 32.0. The highest BCUT2D eigenvalue weighted by Gasteiger charge is 2.33. The van der Waals surface area contributed by atoms with Crippen molar-refractivity contribution in [2.75, 3.05) is 18.0 Å². The van der Waals surface area contributed by atoms with Crippen LogP contribution >= 0.6 is 11.6 Å². The highest BCUT2D eigenvalue weighted by atomic mass is 35.5. The maximum Gasteiger partial charge on any atom is 0.264 e. The van der Waals surface area contributed by atoms with E-state index in [1.165, 1.54) is 29.2 Å². The molecule has 2 amide bonds. The van der Waals surface area contributed by atoms with Gasteiger partial charge in [-0.15, -0.1) is 0 Å². The minimum atomic E-state index is -4.17. The van der Waals surface area contributed by atoms with E-state index in [9.17, 15) is 18.0 Å². The summed E-state index contributed by atoms with van der Waals surface area (Å²) in [6, 6.07) is 17.3. The van der Waals surface area contributed by atoms with Gasteiger partial charge < -0.3 is 15.0 Å². The van der Waals surface area contributed by atoms with Crippen molar-refractivity contribution in [3.05, 3.63) is 88.4 Å². The first-order chi connectivity index (χ1) is 19.4. The topological polar surface area (TPSA) is 96.0 Å². The Labute approximate surface area is 248 Å². The van der Waals surface area contributed by atoms with Gasteiger partial charge in [-0.05, 0) is 99.3 Å². The maximum atomic E-state index is 14.1. The summed E-state index contributed by atoms with van der Waals surface area (Å²) in [5.74, 6) is -0.252. The zero-order valence-corrected chi connectivity index (χ0v) is 25.9. The van der Waals surface area contributed by atoms with Crippen LogP contribution in [-0.2, 0) is 26.2 Å². The molecule has 0 saturated heterocycles. The molecule has 10 heteroatoms. The van der Waals surface area contributed by atoms with E-state index in [0.29, 0.717) is 16.5 Å². The van der Waals surface area contributed by atoms with Gasteiger partial charge in [0, 0.05) is 17.6 Å². The molecule has 1 N–H and O–H groups in total. The SMILES string of the molecule is CC[C@@H](C)NC(=O)[C@@H](C)N(Cc1cccc(OC)c1)C(=O)CN(c1ccc(C)c(C)c1)S(=O)(=O)c1ccc(Cl)cc1. The van der Waals surface area contributed by atoms with E-state index in [4.69, 9.17) is 16.3 Å². The molecule has 0 heterocycles. The van der Waals surface area contributed by atoms with E-state index in [-0.39, 0.29) is 23.4 Å². The molecule has 41 heavy (non-hydrogen) atoms. The lowest BCUT2D eigenvalue weighted by atomic mass is 10.1. The van der Waals surface area contributed by atoms with E-state index in [1.54, 1.807) is 44.4 Å². The highest BCUT2D eigenvalue weighted by molar-refractivity contribution is 7.92. The number of nitrogens with one attached hydrogen (secondary N) is 1. The van der Waals surface area contributed by atoms with Gasteiger partial charge in [-0.1, -0.05) is 36.7 Å². The van der Waals surface area contributed by atoms with Crippen molar-refractivity contribution in [3.8, 4) is 5.75 Å². The highest BCUT2D eigenvalue weighted by Crippen LogP contribution is 2.27. The fourth-order valence-electron chi connectivity index (χ4n) is 4.16. The lowest BCUT2D eigenvalue weighted by Crippen LogP contribution is -2.52. The molecule has 0 aliphatic rings. The number of amides is 2. The minimum absolute atomic E-state index is 0.00478. The Morgan fingerprint density at radius 2 is 1.66 bits per heavy atom. The second-order valence-electron chi connectivity index (χ2n) is 10.1. The van der Waals surface area contributed by atoms with Gasteiger partial charge >= 0.3 is 0 Å². The molecule has 8 nitrogen and oxygen atoms in total. The van der Waals surface area contributed by atoms with Gasteiger partial charge in [0.15, 0.2) is 0 Å². The van der Waals surface area contributed by atoms with Crippen LogP contribution in [0.15, 0.2) is 71.6 Å². The van der Waals surface area contributed by atoms with E-state index in [2.05, 4.69) is 5.32 Å². The van der Waals surface area contributed by atoms with Gasteiger partial charge in [0.1, 0.15) is 18.3 Å². The molecule has 0 spiro atoms. The molecule has 0 aliphatic carbocycles. The molecule has 0 saturated carbocycles. The number of methoxy groups -OCH3 is 1. The summed E-state index contributed by atoms with van der Waals surface area (Å²) in [7, 11) is -2.63. The fraction of sp³-hybridized carbons (Fsp3) is 0.355. The second kappa shape index (κ2) is 13.9. The summed E-state index contributed by atoms with van der Waals surface area (Å²) >= 11 is 6.02. The van der Waals surface area contributed by atoms with Crippen LogP contribution in [0.1, 0.15) is 43.9 Å². The lowest BCUT2D eigenvalue weighted by Gasteiger charge is -2.32. The molecule has 0 aromatic heterocycles. The molecule has 0 aliphatic heterocycles. The van der Waals surface area contributed by atoms with Gasteiger partial charge in [-0.3, -0.25) is 13.9 Å². The maximum absolute atomic E-state index is 14.1. The second-order valence-corrected chi connectivity index (χ2v) is 12.4. The van der Waals surface area contributed by atoms with E-state index in [0.717, 1.165) is 27.4 Å². The van der Waals surface area contributed by atoms with Crippen molar-refractivity contribution >= 4 is 39.1 Å². The number of nitrogens with zero attached hydrogens (tertiary/aromatic N) is 2. The zero-order valence-electron chi connectivity index (χ0n) is 24.3. The Morgan fingerprint density at radius 3 is 2.27 bits per heavy atom. The lowest BCUT2D eigenvalue weighted by molar-refractivity contribution is -0.139. The third-order valence-electron chi connectivity index (χ3n) is 7.11. The first-order valence-electron chi connectivity index (χ1n) is 13.5. The molecule has 3 aromatic carbocycles. The fourth-order valence-corrected chi connectivity index (χ4v) is 5.69. The zero-order chi connectivity index (χ0) is 30.3. The molecule has 3 aromatic rings. The van der Waals surface area contributed by atoms with Crippen LogP contribution in [0.25, 0.3) is 0 Å². The van der Waals surface area contributed by atoms with Crippen LogP contribution in [0.2, 0.25) is 5.02 Å². The number of aryl methyl sites for hydroxylation is 2. The number of carbonyl (C=O) groups excluding carboxylic acids is 2. The Morgan fingerprint density at radius 1 is 0.976 bits per heavy atom. The standard InChI is InChI=1S/C31H38ClN3O5S/c1-7-23(4)33-31(37)24(5)34(19-25-9-8-10-28(18-25)40-6)30(36)20-35(27-14-11-21(2)22(3)17-27)41(38,39)29-15-12-26(32)13-16-29/h8-18,23-24H,7,19-20H2,1-6H3,(H,33,37)/t23-,24-/m1/s1. The number of rotatable bonds is 12. The number of hydrogen-bond acceptors (Lipinski definition) is 5. The quantitative estimate of drug-likeness (QED) is 0.297. The van der Waals surface area contributed by atoms with Gasteiger partial charge in [0.05, 0.1) is 17.7 Å². The normalized spacial score (nSPS) is 12.8. The van der Waals surface area contributed by atoms with Gasteiger partial charge in [0.2, 0.25) is 11.8 Å². The predicted octanol–water partition coefficient (Wildman–Crippen LogP) is 5.49. The number of ether oxygens (including phenoxy) is 1. The van der Waals surface area contributed by atoms with Crippen molar-refractivity contribution in [2.45, 2.75) is 64.6 Å². The molecule has 220 valence electrons. The number of benzene rings is 3. The average molecular weight is 600 g/mol. The molecule has 0 unspecified atom stereocenters. The van der Waals surface area contributed by atoms with Crippen LogP contribution in [0.4, 0.5) is 5.69 Å². The molecule has 0 bridgehead atoms. The monoisotopic (exact) mass is 599 g/mol. The number of anilines is 1. The van der Waals surface area contributed by atoms with Crippen LogP contribution in [-0.4, -0.2) is 50.9 Å². The van der Waals surface area contributed by atoms with E-state index in [1.807, 2.05) is 39.8 Å². The largest absolute Gasteiger partial charge is 0.497 e. The van der Waals surface area contributed by atoms with Crippen molar-refractivity contribution in [3.63, 3.8) is 0 Å². The van der Waals surface area contributed by atoms with Crippen LogP contribution in [0, 0.1) is 13.8 Å². The summed E-state index contributed by atoms with van der Waals surface area (Å²) in [5.41, 5.74) is 2.94. The van der Waals surface area contributed by atoms with Crippen molar-refractivity contribution in [1.29, 1.82) is 0 Å². The number of sulfonamides is 1. The number of carbonyl (C=O) groups is 2. The number of halogens is 1. The minimum Gasteiger partial charge on any atom is -0.497 e. The predicted molar refractivity (Wildman–Crippen MR) is 163 cm³/mol. The summed E-state index contributed by atoms with van der Waals surface area (Å²) in [6.07, 6.45) is 0.724. The van der Waals surface area contributed by atoms with Gasteiger partial charge in [-0.2, -0.15) is 0 Å². The molecular weight excluding hydrogens is 562 g/mol. The average Bonchev–Trinajstić information content (AvgIpc) is 2.95. The number of hydrogen-bond donors (Lipinski definition) is 1. The summed E-state index contributed by atoms with van der Waals surface area (Å²) in [6.45, 7) is 8.85. The van der Waals surface area contributed by atoms with E-state index < -0.39 is 28.5 Å². The molecule has 3 rings (SSSR count). The van der Waals surface area contributed by atoms with E-state index >= 15 is 0 Å². The summed E-state index contributed by atoms with van der Waals surface area (Å²) < 4.78 is 34.3. The Kier molecular flexibility index (Phi) is 10.8. The Hall–Kier alpha value is -3.56. The smallest absolute Gasteiger partial charge is 0.264 e. The summed E-state index contributed by atoms with van der Waals surface area (Å²) in [5, 5.41) is 3.32. The molecule has 0 fully saturated rings. The van der Waals surface area contributed by atoms with Gasteiger partial charge in [0.25, 0.3) is 10.0 Å². The third-order valence-corrected chi connectivity index (χ3v) is 9.15. The van der Waals surface area contributed by atoms with Crippen molar-refractivity contribution < 1.29 is 22.7 Å². The van der Waals surface area contributed by atoms with Crippen molar-refractivity contribution in [1.82, 2.24) is 10.2 Å². The van der Waals surface area contributed by atoms with Crippen LogP contribution in [0.3, 0.4) is 0 Å². The van der Waals surface area contributed by atoms with Crippen LogP contribution < -0.4 is 14.4 Å². The molecular formula is C31H38ClN3O5S. The Bertz CT molecular complexity index is 1480. The Balaban J connectivity index is 2.06. The van der Waals surface area contributed by atoms with Crippen molar-refractivity contribution in [2.24, 2.45) is 0 Å². The molecule has 2 atom stereocenters. The van der Waals surface area contributed by atoms with Crippen LogP contribution in [0.5, 0.6) is 5.75 Å². The van der Waals surface area contributed by atoms with Gasteiger partial charge in [-0.25, -0.2) is 8.42 Å². The first-order valence-corrected chi connectivity index (χ1v) is 15.3.